The third-order valence-electron chi connectivity index (χ3n) is 3.51. The Labute approximate surface area is 126 Å². The van der Waals surface area contributed by atoms with Gasteiger partial charge in [0.25, 0.3) is 0 Å². The van der Waals surface area contributed by atoms with Crippen LogP contribution in [0, 0.1) is 0 Å². The fraction of sp³-hybridized carbons (Fsp3) is 0.188. The van der Waals surface area contributed by atoms with Gasteiger partial charge in [0.05, 0.1) is 0 Å². The maximum atomic E-state index is 4.31. The number of fused-ring (bicyclic) bond motifs is 1. The van der Waals surface area contributed by atoms with Crippen LogP contribution in [0.25, 0.3) is 11.0 Å². The summed E-state index contributed by atoms with van der Waals surface area (Å²) in [5.41, 5.74) is 3.48. The zero-order chi connectivity index (χ0) is 13.9. The lowest BCUT2D eigenvalue weighted by Gasteiger charge is -2.14. The minimum Gasteiger partial charge on any atom is -0.346 e. The Bertz CT molecular complexity index is 703. The van der Waals surface area contributed by atoms with Gasteiger partial charge in [-0.2, -0.15) is 0 Å². The quantitative estimate of drug-likeness (QED) is 0.753. The molecule has 4 heteroatoms. The van der Waals surface area contributed by atoms with E-state index in [1.54, 1.807) is 6.20 Å². The Morgan fingerprint density at radius 2 is 2.05 bits per heavy atom. The van der Waals surface area contributed by atoms with E-state index in [4.69, 9.17) is 0 Å². The van der Waals surface area contributed by atoms with Crippen LogP contribution in [0.15, 0.2) is 53.3 Å². The van der Waals surface area contributed by atoms with E-state index in [1.165, 1.54) is 16.5 Å². The number of nitrogens with zero attached hydrogens (tertiary/aromatic N) is 1. The summed E-state index contributed by atoms with van der Waals surface area (Å²) in [5.74, 6) is 0. The van der Waals surface area contributed by atoms with Crippen LogP contribution < -0.4 is 5.32 Å². The molecule has 102 valence electrons. The Morgan fingerprint density at radius 3 is 2.85 bits per heavy atom. The zero-order valence-electron chi connectivity index (χ0n) is 11.2. The SMILES string of the molecule is C[C@@H](NCc1c[nH]c2ncccc12)c1ccc(Br)cc1. The van der Waals surface area contributed by atoms with Gasteiger partial charge in [0.2, 0.25) is 0 Å². The van der Waals surface area contributed by atoms with Crippen molar-refractivity contribution < 1.29 is 0 Å². The van der Waals surface area contributed by atoms with Gasteiger partial charge < -0.3 is 10.3 Å². The molecule has 1 atom stereocenters. The fourth-order valence-electron chi connectivity index (χ4n) is 2.29. The molecule has 1 aromatic carbocycles. The van der Waals surface area contributed by atoms with E-state index >= 15 is 0 Å². The lowest BCUT2D eigenvalue weighted by Crippen LogP contribution is -2.17. The second-order valence-electron chi connectivity index (χ2n) is 4.87. The van der Waals surface area contributed by atoms with Crippen molar-refractivity contribution in [2.24, 2.45) is 0 Å². The highest BCUT2D eigenvalue weighted by Crippen LogP contribution is 2.19. The Kier molecular flexibility index (Phi) is 3.85. The van der Waals surface area contributed by atoms with E-state index in [1.807, 2.05) is 12.3 Å². The summed E-state index contributed by atoms with van der Waals surface area (Å²) in [5, 5.41) is 4.73. The number of aromatic amines is 1. The second-order valence-corrected chi connectivity index (χ2v) is 5.78. The molecule has 0 amide bonds. The number of pyridine rings is 1. The van der Waals surface area contributed by atoms with Crippen molar-refractivity contribution >= 4 is 27.0 Å². The molecular weight excluding hydrogens is 314 g/mol. The third-order valence-corrected chi connectivity index (χ3v) is 4.03. The Morgan fingerprint density at radius 1 is 1.25 bits per heavy atom. The van der Waals surface area contributed by atoms with Crippen LogP contribution in [0.3, 0.4) is 0 Å². The van der Waals surface area contributed by atoms with Crippen molar-refractivity contribution in [3.05, 3.63) is 64.4 Å². The van der Waals surface area contributed by atoms with Crippen LogP contribution in [0.4, 0.5) is 0 Å². The molecule has 0 fully saturated rings. The molecule has 3 rings (SSSR count). The molecule has 2 heterocycles. The first-order valence-electron chi connectivity index (χ1n) is 6.64. The molecule has 0 aliphatic rings. The van der Waals surface area contributed by atoms with E-state index in [2.05, 4.69) is 68.5 Å². The van der Waals surface area contributed by atoms with E-state index in [9.17, 15) is 0 Å². The topological polar surface area (TPSA) is 40.7 Å². The summed E-state index contributed by atoms with van der Waals surface area (Å²) in [6.07, 6.45) is 3.83. The van der Waals surface area contributed by atoms with Crippen LogP contribution >= 0.6 is 15.9 Å². The van der Waals surface area contributed by atoms with Crippen LogP contribution in [-0.4, -0.2) is 9.97 Å². The highest BCUT2D eigenvalue weighted by Gasteiger charge is 2.07. The van der Waals surface area contributed by atoms with E-state index < -0.39 is 0 Å². The largest absolute Gasteiger partial charge is 0.346 e. The number of benzene rings is 1. The minimum absolute atomic E-state index is 0.310. The smallest absolute Gasteiger partial charge is 0.137 e. The zero-order valence-corrected chi connectivity index (χ0v) is 12.8. The normalized spacial score (nSPS) is 12.7. The van der Waals surface area contributed by atoms with Crippen molar-refractivity contribution in [1.82, 2.24) is 15.3 Å². The van der Waals surface area contributed by atoms with Gasteiger partial charge in [0, 0.05) is 34.8 Å². The molecule has 0 bridgehead atoms. The Hall–Kier alpha value is -1.65. The highest BCUT2D eigenvalue weighted by molar-refractivity contribution is 9.10. The Balaban J connectivity index is 1.71. The van der Waals surface area contributed by atoms with Gasteiger partial charge in [0.15, 0.2) is 0 Å². The molecule has 0 aliphatic heterocycles. The number of halogens is 1. The van der Waals surface area contributed by atoms with Gasteiger partial charge in [-0.15, -0.1) is 0 Å². The first kappa shape index (κ1) is 13.3. The van der Waals surface area contributed by atoms with Crippen molar-refractivity contribution in [1.29, 1.82) is 0 Å². The molecule has 0 aliphatic carbocycles. The molecular formula is C16H16BrN3. The maximum Gasteiger partial charge on any atom is 0.137 e. The van der Waals surface area contributed by atoms with Crippen LogP contribution in [-0.2, 0) is 6.54 Å². The number of aromatic nitrogens is 2. The number of rotatable bonds is 4. The van der Waals surface area contributed by atoms with Gasteiger partial charge >= 0.3 is 0 Å². The number of H-pyrrole nitrogens is 1. The number of hydrogen-bond donors (Lipinski definition) is 2. The fourth-order valence-corrected chi connectivity index (χ4v) is 2.56. The molecule has 0 saturated carbocycles. The van der Waals surface area contributed by atoms with Gasteiger partial charge in [0.1, 0.15) is 5.65 Å². The lowest BCUT2D eigenvalue weighted by atomic mass is 10.1. The van der Waals surface area contributed by atoms with Crippen molar-refractivity contribution in [3.8, 4) is 0 Å². The molecule has 0 radical (unpaired) electrons. The summed E-state index contributed by atoms with van der Waals surface area (Å²) in [4.78, 5) is 7.51. The summed E-state index contributed by atoms with van der Waals surface area (Å²) in [6.45, 7) is 3.00. The maximum absolute atomic E-state index is 4.31. The van der Waals surface area contributed by atoms with Gasteiger partial charge in [-0.25, -0.2) is 4.98 Å². The first-order valence-corrected chi connectivity index (χ1v) is 7.43. The molecule has 0 spiro atoms. The minimum atomic E-state index is 0.310. The number of hydrogen-bond acceptors (Lipinski definition) is 2. The molecule has 2 N–H and O–H groups in total. The average Bonchev–Trinajstić information content (AvgIpc) is 2.89. The molecule has 0 unspecified atom stereocenters. The molecule has 0 saturated heterocycles. The van der Waals surface area contributed by atoms with Gasteiger partial charge in [-0.3, -0.25) is 0 Å². The predicted octanol–water partition coefficient (Wildman–Crippen LogP) is 4.18. The summed E-state index contributed by atoms with van der Waals surface area (Å²) in [6, 6.07) is 12.8. The molecule has 2 aromatic heterocycles. The first-order chi connectivity index (χ1) is 9.74. The number of nitrogens with one attached hydrogen (secondary N) is 2. The van der Waals surface area contributed by atoms with Gasteiger partial charge in [-0.05, 0) is 42.3 Å². The van der Waals surface area contributed by atoms with Crippen molar-refractivity contribution in [2.75, 3.05) is 0 Å². The lowest BCUT2D eigenvalue weighted by molar-refractivity contribution is 0.576. The van der Waals surface area contributed by atoms with E-state index in [0.717, 1.165) is 16.7 Å². The second kappa shape index (κ2) is 5.77. The highest BCUT2D eigenvalue weighted by atomic mass is 79.9. The van der Waals surface area contributed by atoms with E-state index in [-0.39, 0.29) is 0 Å². The van der Waals surface area contributed by atoms with Crippen LogP contribution in [0.5, 0.6) is 0 Å². The predicted molar refractivity (Wildman–Crippen MR) is 85.5 cm³/mol. The standard InChI is InChI=1S/C16H16BrN3/c1-11(12-4-6-14(17)7-5-12)19-9-13-10-20-16-15(13)3-2-8-18-16/h2-8,10-11,19H,9H2,1H3,(H,18,20)/t11-/m1/s1. The third kappa shape index (κ3) is 2.76. The summed E-state index contributed by atoms with van der Waals surface area (Å²) in [7, 11) is 0. The van der Waals surface area contributed by atoms with E-state index in [0.29, 0.717) is 6.04 Å². The van der Waals surface area contributed by atoms with Crippen molar-refractivity contribution in [2.45, 2.75) is 19.5 Å². The average molecular weight is 330 g/mol. The molecule has 20 heavy (non-hydrogen) atoms. The molecule has 3 nitrogen and oxygen atoms in total. The van der Waals surface area contributed by atoms with Crippen molar-refractivity contribution in [3.63, 3.8) is 0 Å². The van der Waals surface area contributed by atoms with Crippen LogP contribution in [0.1, 0.15) is 24.1 Å². The molecule has 3 aromatic rings. The monoisotopic (exact) mass is 329 g/mol. The summed E-state index contributed by atoms with van der Waals surface area (Å²) >= 11 is 3.46. The summed E-state index contributed by atoms with van der Waals surface area (Å²) < 4.78 is 1.11. The van der Waals surface area contributed by atoms with Crippen LogP contribution in [0.2, 0.25) is 0 Å². The van der Waals surface area contributed by atoms with Gasteiger partial charge in [-0.1, -0.05) is 28.1 Å².